The molecule has 0 heterocycles. The van der Waals surface area contributed by atoms with Crippen LogP contribution in [0.25, 0.3) is 0 Å². The normalized spacial score (nSPS) is 5.71. The number of hydrogen-bond donors (Lipinski definition) is 0. The number of carbonyl (C=O) groups excluding carboxylic acids is 4. The fourth-order valence-corrected chi connectivity index (χ4v) is 0.186. The van der Waals surface area contributed by atoms with Crippen molar-refractivity contribution in [2.24, 2.45) is 20.0 Å². The molecule has 0 aromatic heterocycles. The van der Waals surface area contributed by atoms with E-state index in [4.69, 9.17) is 0 Å². The molecule has 8 heteroatoms. The van der Waals surface area contributed by atoms with Gasteiger partial charge in [-0.15, -0.1) is 0 Å². The molecule has 14 heavy (non-hydrogen) atoms. The zero-order chi connectivity index (χ0) is 11.1. The van der Waals surface area contributed by atoms with Crippen LogP contribution in [0.2, 0.25) is 0 Å². The fraction of sp³-hybridized carbons (Fsp3) is 0.333. The molecule has 8 nitrogen and oxygen atoms in total. The molecule has 0 aliphatic rings. The zero-order valence-electron chi connectivity index (χ0n) is 6.84. The molecule has 0 aromatic rings. The Bertz CT molecular complexity index is 262. The van der Waals surface area contributed by atoms with E-state index < -0.39 is 0 Å². The molecule has 0 spiro atoms. The van der Waals surface area contributed by atoms with Gasteiger partial charge in [0.2, 0.25) is 24.3 Å². The summed E-state index contributed by atoms with van der Waals surface area (Å²) in [5.74, 6) is 0. The molecule has 0 radical (unpaired) electrons. The maximum Gasteiger partial charge on any atom is 0.236 e. The number of rotatable bonds is 4. The SMILES string of the molecule is O=C=NCN=C=O.O=C=NCN=C=O. The first kappa shape index (κ1) is 14.1. The molecule has 0 aliphatic heterocycles. The molecule has 0 aromatic carbocycles. The van der Waals surface area contributed by atoms with Crippen molar-refractivity contribution in [2.45, 2.75) is 0 Å². The number of hydrogen-bond acceptors (Lipinski definition) is 8. The lowest BCUT2D eigenvalue weighted by Crippen LogP contribution is -1.66. The highest BCUT2D eigenvalue weighted by Crippen LogP contribution is 1.61. The smallest absolute Gasteiger partial charge is 0.211 e. The molecule has 0 aliphatic carbocycles. The van der Waals surface area contributed by atoms with Crippen LogP contribution >= 0.6 is 0 Å². The Morgan fingerprint density at radius 1 is 0.571 bits per heavy atom. The fourth-order valence-electron chi connectivity index (χ4n) is 0.186. The lowest BCUT2D eigenvalue weighted by molar-refractivity contribution is 0.559. The number of nitrogens with zero attached hydrogens (tertiary/aromatic N) is 4. The first-order valence-corrected chi connectivity index (χ1v) is 2.98. The molecule has 0 rings (SSSR count). The van der Waals surface area contributed by atoms with Gasteiger partial charge in [0.05, 0.1) is 0 Å². The summed E-state index contributed by atoms with van der Waals surface area (Å²) >= 11 is 0. The van der Waals surface area contributed by atoms with E-state index in [0.717, 1.165) is 0 Å². The molecule has 0 fully saturated rings. The molecular formula is C6H4N4O4. The molecule has 0 bridgehead atoms. The average molecular weight is 196 g/mol. The van der Waals surface area contributed by atoms with Crippen LogP contribution in [0.3, 0.4) is 0 Å². The van der Waals surface area contributed by atoms with Crippen LogP contribution in [0.15, 0.2) is 20.0 Å². The highest BCUT2D eigenvalue weighted by atomic mass is 16.1. The van der Waals surface area contributed by atoms with E-state index in [9.17, 15) is 19.2 Å². The Labute approximate surface area is 77.8 Å². The van der Waals surface area contributed by atoms with Gasteiger partial charge in [-0.3, -0.25) is 0 Å². The van der Waals surface area contributed by atoms with Crippen LogP contribution < -0.4 is 0 Å². The maximum absolute atomic E-state index is 9.20. The van der Waals surface area contributed by atoms with Gasteiger partial charge in [-0.05, 0) is 0 Å². The second-order valence-electron chi connectivity index (χ2n) is 1.28. The summed E-state index contributed by atoms with van der Waals surface area (Å²) in [6.07, 6.45) is 4.82. The van der Waals surface area contributed by atoms with Crippen molar-refractivity contribution < 1.29 is 19.2 Å². The van der Waals surface area contributed by atoms with Crippen LogP contribution in [0.4, 0.5) is 0 Å². The summed E-state index contributed by atoms with van der Waals surface area (Å²) in [5.41, 5.74) is 0. The second-order valence-corrected chi connectivity index (χ2v) is 1.28. The van der Waals surface area contributed by atoms with Gasteiger partial charge < -0.3 is 0 Å². The van der Waals surface area contributed by atoms with Gasteiger partial charge in [0, 0.05) is 0 Å². The highest BCUT2D eigenvalue weighted by Gasteiger charge is 1.63. The van der Waals surface area contributed by atoms with Crippen LogP contribution in [0.5, 0.6) is 0 Å². The zero-order valence-corrected chi connectivity index (χ0v) is 6.84. The minimum absolute atomic E-state index is 0.160. The lowest BCUT2D eigenvalue weighted by atomic mass is 11.1. The summed E-state index contributed by atoms with van der Waals surface area (Å²) in [6, 6.07) is 0. The van der Waals surface area contributed by atoms with Crippen LogP contribution in [-0.4, -0.2) is 37.7 Å². The Kier molecular flexibility index (Phi) is 16.9. The van der Waals surface area contributed by atoms with Crippen molar-refractivity contribution in [2.75, 3.05) is 13.3 Å². The Balaban J connectivity index is 0. The summed E-state index contributed by atoms with van der Waals surface area (Å²) in [5, 5.41) is 0. The van der Waals surface area contributed by atoms with Gasteiger partial charge >= 0.3 is 0 Å². The molecule has 0 saturated carbocycles. The van der Waals surface area contributed by atoms with Crippen molar-refractivity contribution in [3.05, 3.63) is 0 Å². The predicted molar refractivity (Wildman–Crippen MR) is 42.2 cm³/mol. The standard InChI is InChI=1S/2C3H2N2O2/c2*6-2-4-1-5-3-7/h2*1H2. The minimum atomic E-state index is -0.160. The van der Waals surface area contributed by atoms with E-state index in [-0.39, 0.29) is 13.3 Å². The van der Waals surface area contributed by atoms with Crippen LogP contribution in [0.1, 0.15) is 0 Å². The van der Waals surface area contributed by atoms with E-state index in [1.54, 1.807) is 0 Å². The lowest BCUT2D eigenvalue weighted by Gasteiger charge is -1.63. The number of isocyanates is 4. The first-order valence-electron chi connectivity index (χ1n) is 2.98. The Morgan fingerprint density at radius 3 is 0.929 bits per heavy atom. The van der Waals surface area contributed by atoms with Crippen molar-refractivity contribution in [3.63, 3.8) is 0 Å². The van der Waals surface area contributed by atoms with Crippen LogP contribution in [-0.2, 0) is 19.2 Å². The van der Waals surface area contributed by atoms with Gasteiger partial charge in [0.1, 0.15) is 0 Å². The second kappa shape index (κ2) is 16.9. The quantitative estimate of drug-likeness (QED) is 0.433. The van der Waals surface area contributed by atoms with Crippen molar-refractivity contribution in [3.8, 4) is 0 Å². The third kappa shape index (κ3) is 22.7. The van der Waals surface area contributed by atoms with Crippen LogP contribution in [0, 0.1) is 0 Å². The topological polar surface area (TPSA) is 118 Å². The number of aliphatic imine (C=N–C) groups is 4. The summed E-state index contributed by atoms with van der Waals surface area (Å²) in [7, 11) is 0. The van der Waals surface area contributed by atoms with E-state index in [0.29, 0.717) is 0 Å². The molecule has 0 unspecified atom stereocenters. The predicted octanol–water partition coefficient (Wildman–Crippen LogP) is -0.769. The third-order valence-corrected chi connectivity index (χ3v) is 0.541. The van der Waals surface area contributed by atoms with Crippen molar-refractivity contribution in [1.29, 1.82) is 0 Å². The monoisotopic (exact) mass is 196 g/mol. The molecule has 72 valence electrons. The van der Waals surface area contributed by atoms with Crippen molar-refractivity contribution in [1.82, 2.24) is 0 Å². The van der Waals surface area contributed by atoms with E-state index in [1.165, 1.54) is 24.3 Å². The first-order chi connectivity index (χ1) is 6.83. The molecular weight excluding hydrogens is 192 g/mol. The van der Waals surface area contributed by atoms with Gasteiger partial charge in [-0.25, -0.2) is 19.2 Å². The molecule has 0 atom stereocenters. The Morgan fingerprint density at radius 2 is 0.786 bits per heavy atom. The summed E-state index contributed by atoms with van der Waals surface area (Å²) in [4.78, 5) is 48.5. The van der Waals surface area contributed by atoms with E-state index in [2.05, 4.69) is 20.0 Å². The van der Waals surface area contributed by atoms with Gasteiger partial charge in [0.25, 0.3) is 0 Å². The van der Waals surface area contributed by atoms with Gasteiger partial charge in [0.15, 0.2) is 13.3 Å². The van der Waals surface area contributed by atoms with Crippen molar-refractivity contribution >= 4 is 24.3 Å². The summed E-state index contributed by atoms with van der Waals surface area (Å²) < 4.78 is 0. The van der Waals surface area contributed by atoms with Gasteiger partial charge in [-0.1, -0.05) is 0 Å². The molecule has 0 amide bonds. The van der Waals surface area contributed by atoms with E-state index in [1.807, 2.05) is 0 Å². The Hall–Kier alpha value is -2.48. The summed E-state index contributed by atoms with van der Waals surface area (Å²) in [6.45, 7) is -0.319. The minimum Gasteiger partial charge on any atom is -0.211 e. The molecule has 0 N–H and O–H groups in total. The third-order valence-electron chi connectivity index (χ3n) is 0.541. The largest absolute Gasteiger partial charge is 0.236 e. The highest BCUT2D eigenvalue weighted by molar-refractivity contribution is 5.35. The maximum atomic E-state index is 9.20. The molecule has 0 saturated heterocycles. The van der Waals surface area contributed by atoms with E-state index >= 15 is 0 Å². The average Bonchev–Trinajstić information content (AvgIpc) is 2.21. The van der Waals surface area contributed by atoms with Gasteiger partial charge in [-0.2, -0.15) is 20.0 Å².